The normalized spacial score (nSPS) is 10.3. The van der Waals surface area contributed by atoms with Gasteiger partial charge in [-0.25, -0.2) is 0 Å². The van der Waals surface area contributed by atoms with Gasteiger partial charge in [0.1, 0.15) is 4.99 Å². The molecule has 0 aromatic heterocycles. The van der Waals surface area contributed by atoms with E-state index < -0.39 is 0 Å². The summed E-state index contributed by atoms with van der Waals surface area (Å²) in [6.07, 6.45) is 0. The van der Waals surface area contributed by atoms with Crippen molar-refractivity contribution in [1.29, 1.82) is 0 Å². The van der Waals surface area contributed by atoms with Gasteiger partial charge in [-0.1, -0.05) is 42.0 Å². The Hall–Kier alpha value is -1.58. The fourth-order valence-corrected chi connectivity index (χ4v) is 2.81. The number of anilines is 2. The van der Waals surface area contributed by atoms with Crippen LogP contribution in [0.2, 0.25) is 5.02 Å². The molecule has 0 bridgehead atoms. The number of nitrogens with zero attached hydrogens (tertiary/aromatic N) is 1. The van der Waals surface area contributed by atoms with Crippen molar-refractivity contribution >= 4 is 40.2 Å². The Morgan fingerprint density at radius 3 is 2.55 bits per heavy atom. The summed E-state index contributed by atoms with van der Waals surface area (Å²) in [5, 5.41) is 0.584. The van der Waals surface area contributed by atoms with E-state index in [2.05, 4.69) is 36.9 Å². The molecule has 2 rings (SSSR count). The van der Waals surface area contributed by atoms with E-state index in [0.29, 0.717) is 10.0 Å². The summed E-state index contributed by atoms with van der Waals surface area (Å²) >= 11 is 11.4. The van der Waals surface area contributed by atoms with Crippen LogP contribution in [0.1, 0.15) is 18.1 Å². The third-order valence-electron chi connectivity index (χ3n) is 3.16. The summed E-state index contributed by atoms with van der Waals surface area (Å²) in [5.41, 5.74) is 9.82. The van der Waals surface area contributed by atoms with Crippen molar-refractivity contribution in [3.63, 3.8) is 0 Å². The SMILES string of the molecule is CCN(c1cccc(C)c1)c1cccc(Cl)c1C(N)=S. The fourth-order valence-electron chi connectivity index (χ4n) is 2.27. The number of nitrogens with two attached hydrogens (primary N) is 1. The van der Waals surface area contributed by atoms with Crippen molar-refractivity contribution in [2.75, 3.05) is 11.4 Å². The number of hydrogen-bond acceptors (Lipinski definition) is 2. The number of thiocarbonyl (C=S) groups is 1. The Balaban J connectivity index is 2.58. The maximum Gasteiger partial charge on any atom is 0.107 e. The highest BCUT2D eigenvalue weighted by Crippen LogP contribution is 2.32. The number of hydrogen-bond donors (Lipinski definition) is 1. The van der Waals surface area contributed by atoms with Crippen LogP contribution in [0, 0.1) is 6.92 Å². The van der Waals surface area contributed by atoms with E-state index >= 15 is 0 Å². The molecular formula is C16H17ClN2S. The highest BCUT2D eigenvalue weighted by molar-refractivity contribution is 7.80. The van der Waals surface area contributed by atoms with Gasteiger partial charge in [0, 0.05) is 12.2 Å². The van der Waals surface area contributed by atoms with E-state index in [1.807, 2.05) is 24.3 Å². The molecule has 0 heterocycles. The van der Waals surface area contributed by atoms with E-state index in [1.54, 1.807) is 0 Å². The van der Waals surface area contributed by atoms with Gasteiger partial charge in [-0.3, -0.25) is 0 Å². The zero-order valence-corrected chi connectivity index (χ0v) is 13.1. The van der Waals surface area contributed by atoms with Crippen LogP contribution in [0.15, 0.2) is 42.5 Å². The summed E-state index contributed by atoms with van der Waals surface area (Å²) in [6.45, 7) is 4.97. The topological polar surface area (TPSA) is 29.3 Å². The molecule has 0 saturated carbocycles. The van der Waals surface area contributed by atoms with Gasteiger partial charge in [0.25, 0.3) is 0 Å². The monoisotopic (exact) mass is 304 g/mol. The van der Waals surface area contributed by atoms with E-state index in [1.165, 1.54) is 5.56 Å². The molecule has 2 aromatic rings. The number of halogens is 1. The van der Waals surface area contributed by atoms with Crippen LogP contribution < -0.4 is 10.6 Å². The molecule has 2 aromatic carbocycles. The minimum Gasteiger partial charge on any atom is -0.389 e. The van der Waals surface area contributed by atoms with Gasteiger partial charge < -0.3 is 10.6 Å². The van der Waals surface area contributed by atoms with Crippen LogP contribution in [0.25, 0.3) is 0 Å². The Morgan fingerprint density at radius 2 is 1.95 bits per heavy atom. The Kier molecular flexibility index (Phi) is 4.63. The van der Waals surface area contributed by atoms with Crippen molar-refractivity contribution < 1.29 is 0 Å². The van der Waals surface area contributed by atoms with Gasteiger partial charge in [-0.05, 0) is 43.7 Å². The summed E-state index contributed by atoms with van der Waals surface area (Å²) in [7, 11) is 0. The fraction of sp³-hybridized carbons (Fsp3) is 0.188. The summed E-state index contributed by atoms with van der Waals surface area (Å²) in [6, 6.07) is 14.0. The first-order valence-electron chi connectivity index (χ1n) is 6.47. The molecule has 0 aliphatic rings. The maximum absolute atomic E-state index is 6.25. The van der Waals surface area contributed by atoms with Gasteiger partial charge in [0.15, 0.2) is 0 Å². The Bertz CT molecular complexity index is 640. The molecule has 20 heavy (non-hydrogen) atoms. The van der Waals surface area contributed by atoms with E-state index in [0.717, 1.165) is 23.5 Å². The predicted molar refractivity (Wildman–Crippen MR) is 91.2 cm³/mol. The van der Waals surface area contributed by atoms with Crippen molar-refractivity contribution in [1.82, 2.24) is 0 Å². The molecule has 0 aliphatic carbocycles. The Labute approximate surface area is 130 Å². The van der Waals surface area contributed by atoms with Gasteiger partial charge in [0.05, 0.1) is 16.3 Å². The lowest BCUT2D eigenvalue weighted by Gasteiger charge is -2.26. The zero-order chi connectivity index (χ0) is 14.7. The third kappa shape index (κ3) is 2.94. The molecule has 0 atom stereocenters. The second kappa shape index (κ2) is 6.25. The second-order valence-electron chi connectivity index (χ2n) is 4.58. The van der Waals surface area contributed by atoms with Crippen LogP contribution in [-0.2, 0) is 0 Å². The van der Waals surface area contributed by atoms with E-state index in [9.17, 15) is 0 Å². The van der Waals surface area contributed by atoms with Crippen molar-refractivity contribution in [3.8, 4) is 0 Å². The molecule has 4 heteroatoms. The third-order valence-corrected chi connectivity index (χ3v) is 3.68. The molecule has 0 aliphatic heterocycles. The molecule has 0 spiro atoms. The highest BCUT2D eigenvalue weighted by Gasteiger charge is 2.16. The van der Waals surface area contributed by atoms with Crippen LogP contribution in [0.4, 0.5) is 11.4 Å². The summed E-state index contributed by atoms with van der Waals surface area (Å²) < 4.78 is 0. The first kappa shape index (κ1) is 14.8. The molecule has 0 fully saturated rings. The standard InChI is InChI=1S/C16H17ClN2S/c1-3-19(12-7-4-6-11(2)10-12)14-9-5-8-13(17)15(14)16(18)20/h4-10H,3H2,1-2H3,(H2,18,20). The summed E-state index contributed by atoms with van der Waals surface area (Å²) in [5.74, 6) is 0. The largest absolute Gasteiger partial charge is 0.389 e. The van der Waals surface area contributed by atoms with E-state index in [-0.39, 0.29) is 0 Å². The molecule has 2 N–H and O–H groups in total. The van der Waals surface area contributed by atoms with Crippen molar-refractivity contribution in [2.24, 2.45) is 5.73 Å². The van der Waals surface area contributed by atoms with Gasteiger partial charge >= 0.3 is 0 Å². The van der Waals surface area contributed by atoms with Gasteiger partial charge in [0.2, 0.25) is 0 Å². The first-order chi connectivity index (χ1) is 9.54. The average molecular weight is 305 g/mol. The lowest BCUT2D eigenvalue weighted by molar-refractivity contribution is 1.02. The number of rotatable bonds is 4. The van der Waals surface area contributed by atoms with Gasteiger partial charge in [-0.2, -0.15) is 0 Å². The van der Waals surface area contributed by atoms with Crippen LogP contribution in [0.3, 0.4) is 0 Å². The average Bonchev–Trinajstić information content (AvgIpc) is 2.39. The molecule has 0 amide bonds. The summed E-state index contributed by atoms with van der Waals surface area (Å²) in [4.78, 5) is 2.48. The predicted octanol–water partition coefficient (Wildman–Crippen LogP) is 4.44. The van der Waals surface area contributed by atoms with Crippen LogP contribution in [0.5, 0.6) is 0 Å². The minimum atomic E-state index is 0.316. The molecular weight excluding hydrogens is 288 g/mol. The van der Waals surface area contributed by atoms with Crippen molar-refractivity contribution in [2.45, 2.75) is 13.8 Å². The van der Waals surface area contributed by atoms with Crippen LogP contribution in [-0.4, -0.2) is 11.5 Å². The van der Waals surface area contributed by atoms with E-state index in [4.69, 9.17) is 29.6 Å². The molecule has 0 unspecified atom stereocenters. The lowest BCUT2D eigenvalue weighted by Crippen LogP contribution is -2.21. The Morgan fingerprint density at radius 1 is 1.25 bits per heavy atom. The molecule has 104 valence electrons. The number of aryl methyl sites for hydroxylation is 1. The first-order valence-corrected chi connectivity index (χ1v) is 7.25. The second-order valence-corrected chi connectivity index (χ2v) is 5.43. The smallest absolute Gasteiger partial charge is 0.107 e. The quantitative estimate of drug-likeness (QED) is 0.847. The minimum absolute atomic E-state index is 0.316. The number of benzene rings is 2. The molecule has 0 radical (unpaired) electrons. The molecule has 0 saturated heterocycles. The zero-order valence-electron chi connectivity index (χ0n) is 11.6. The molecule has 2 nitrogen and oxygen atoms in total. The highest BCUT2D eigenvalue weighted by atomic mass is 35.5. The van der Waals surface area contributed by atoms with Crippen LogP contribution >= 0.6 is 23.8 Å². The lowest BCUT2D eigenvalue weighted by atomic mass is 10.1. The van der Waals surface area contributed by atoms with Crippen molar-refractivity contribution in [3.05, 3.63) is 58.6 Å². The maximum atomic E-state index is 6.25. The van der Waals surface area contributed by atoms with Gasteiger partial charge in [-0.15, -0.1) is 0 Å².